The summed E-state index contributed by atoms with van der Waals surface area (Å²) < 4.78 is -0.265. The van der Waals surface area contributed by atoms with Crippen molar-refractivity contribution in [2.75, 3.05) is 19.6 Å². The molecule has 0 atom stereocenters. The molecule has 0 radical (unpaired) electrons. The molecule has 1 saturated heterocycles. The third-order valence-electron chi connectivity index (χ3n) is 5.65. The molecule has 132 valence electrons. The van der Waals surface area contributed by atoms with Crippen molar-refractivity contribution in [1.82, 2.24) is 10.6 Å². The van der Waals surface area contributed by atoms with Gasteiger partial charge in [-0.2, -0.15) is 0 Å². The Labute approximate surface area is 150 Å². The molecule has 3 nitrogen and oxygen atoms in total. The lowest BCUT2D eigenvalue weighted by molar-refractivity contribution is -0.123. The zero-order valence-corrected chi connectivity index (χ0v) is 15.8. The second kappa shape index (κ2) is 7.49. The molecule has 3 rings (SSSR count). The average molecular weight is 347 g/mol. The number of aryl methyl sites for hydroxylation is 1. The highest BCUT2D eigenvalue weighted by Crippen LogP contribution is 2.45. The minimum Gasteiger partial charge on any atom is -0.354 e. The number of hydrogen-bond acceptors (Lipinski definition) is 3. The van der Waals surface area contributed by atoms with Gasteiger partial charge in [0.2, 0.25) is 5.91 Å². The van der Waals surface area contributed by atoms with Crippen LogP contribution in [-0.2, 0) is 4.79 Å². The summed E-state index contributed by atoms with van der Waals surface area (Å²) >= 11 is 1.78. The van der Waals surface area contributed by atoms with Crippen LogP contribution in [0.15, 0.2) is 29.2 Å². The standard InChI is InChI=1S/C20H30N2OS/c1-16-5-7-17(8-6-16)24-20(9-3-4-10-20)18(23)22-15-19(2)11-13-21-14-12-19/h5-8,21H,3-4,9-15H2,1-2H3,(H,22,23). The van der Waals surface area contributed by atoms with Gasteiger partial charge in [0.15, 0.2) is 0 Å². The Morgan fingerprint density at radius 3 is 2.38 bits per heavy atom. The van der Waals surface area contributed by atoms with Gasteiger partial charge in [-0.05, 0) is 63.2 Å². The SMILES string of the molecule is Cc1ccc(SC2(C(=O)NCC3(C)CCNCC3)CCCC2)cc1. The van der Waals surface area contributed by atoms with Gasteiger partial charge in [-0.15, -0.1) is 11.8 Å². The number of amides is 1. The van der Waals surface area contributed by atoms with Crippen molar-refractivity contribution in [3.63, 3.8) is 0 Å². The predicted octanol–water partition coefficient (Wildman–Crippen LogP) is 3.91. The number of benzene rings is 1. The lowest BCUT2D eigenvalue weighted by Gasteiger charge is -2.36. The van der Waals surface area contributed by atoms with E-state index < -0.39 is 0 Å². The van der Waals surface area contributed by atoms with Crippen LogP contribution >= 0.6 is 11.8 Å². The molecule has 4 heteroatoms. The van der Waals surface area contributed by atoms with E-state index in [-0.39, 0.29) is 16.1 Å². The van der Waals surface area contributed by atoms with Crippen molar-refractivity contribution < 1.29 is 4.79 Å². The molecular weight excluding hydrogens is 316 g/mol. The summed E-state index contributed by atoms with van der Waals surface area (Å²) in [6.07, 6.45) is 6.60. The summed E-state index contributed by atoms with van der Waals surface area (Å²) in [5.74, 6) is 0.255. The molecule has 0 unspecified atom stereocenters. The van der Waals surface area contributed by atoms with Crippen LogP contribution in [0, 0.1) is 12.3 Å². The Balaban J connectivity index is 1.65. The Hall–Kier alpha value is -1.00. The number of piperidine rings is 1. The van der Waals surface area contributed by atoms with E-state index in [1.807, 2.05) is 0 Å². The number of rotatable bonds is 5. The number of hydrogen-bond donors (Lipinski definition) is 2. The Morgan fingerprint density at radius 1 is 1.12 bits per heavy atom. The van der Waals surface area contributed by atoms with Crippen LogP contribution in [0.5, 0.6) is 0 Å². The highest BCUT2D eigenvalue weighted by molar-refractivity contribution is 8.01. The van der Waals surface area contributed by atoms with Crippen LogP contribution in [0.4, 0.5) is 0 Å². The van der Waals surface area contributed by atoms with Gasteiger partial charge in [-0.25, -0.2) is 0 Å². The third kappa shape index (κ3) is 4.15. The molecule has 2 fully saturated rings. The summed E-state index contributed by atoms with van der Waals surface area (Å²) in [6.45, 7) is 7.35. The molecule has 0 spiro atoms. The van der Waals surface area contributed by atoms with Gasteiger partial charge in [0.25, 0.3) is 0 Å². The quantitative estimate of drug-likeness (QED) is 0.849. The first-order valence-electron chi connectivity index (χ1n) is 9.26. The molecule has 1 saturated carbocycles. The van der Waals surface area contributed by atoms with Crippen molar-refractivity contribution in [2.45, 2.75) is 62.0 Å². The molecule has 0 aromatic heterocycles. The van der Waals surface area contributed by atoms with Crippen molar-refractivity contribution >= 4 is 17.7 Å². The molecule has 1 aromatic rings. The minimum atomic E-state index is -0.265. The van der Waals surface area contributed by atoms with E-state index in [0.717, 1.165) is 58.2 Å². The van der Waals surface area contributed by atoms with Gasteiger partial charge in [-0.3, -0.25) is 4.79 Å². The van der Waals surface area contributed by atoms with Crippen molar-refractivity contribution in [3.05, 3.63) is 29.8 Å². The van der Waals surface area contributed by atoms with Crippen LogP contribution in [0.25, 0.3) is 0 Å². The van der Waals surface area contributed by atoms with E-state index in [2.05, 4.69) is 48.7 Å². The summed E-state index contributed by atoms with van der Waals surface area (Å²) in [5, 5.41) is 6.73. The first-order chi connectivity index (χ1) is 11.5. The van der Waals surface area contributed by atoms with E-state index in [1.54, 1.807) is 11.8 Å². The lowest BCUT2D eigenvalue weighted by atomic mass is 9.81. The highest BCUT2D eigenvalue weighted by Gasteiger charge is 2.42. The van der Waals surface area contributed by atoms with Crippen molar-refractivity contribution in [2.24, 2.45) is 5.41 Å². The summed E-state index contributed by atoms with van der Waals surface area (Å²) in [6, 6.07) is 8.58. The second-order valence-electron chi connectivity index (χ2n) is 7.86. The van der Waals surface area contributed by atoms with E-state index in [9.17, 15) is 4.79 Å². The maximum atomic E-state index is 13.1. The predicted molar refractivity (Wildman–Crippen MR) is 101 cm³/mol. The maximum absolute atomic E-state index is 13.1. The van der Waals surface area contributed by atoms with E-state index in [4.69, 9.17) is 0 Å². The van der Waals surface area contributed by atoms with Gasteiger partial charge in [0.05, 0.1) is 4.75 Å². The van der Waals surface area contributed by atoms with Crippen LogP contribution in [0.1, 0.15) is 51.0 Å². The van der Waals surface area contributed by atoms with E-state index in [1.165, 1.54) is 10.5 Å². The Kier molecular flexibility index (Phi) is 5.56. The molecule has 0 bridgehead atoms. The lowest BCUT2D eigenvalue weighted by Crippen LogP contribution is -2.48. The molecule has 1 aromatic carbocycles. The largest absolute Gasteiger partial charge is 0.354 e. The molecule has 2 aliphatic rings. The zero-order valence-electron chi connectivity index (χ0n) is 15.0. The Morgan fingerprint density at radius 2 is 1.75 bits per heavy atom. The van der Waals surface area contributed by atoms with Crippen molar-refractivity contribution in [1.29, 1.82) is 0 Å². The maximum Gasteiger partial charge on any atom is 0.236 e. The molecule has 1 aliphatic carbocycles. The monoisotopic (exact) mass is 346 g/mol. The molecule has 2 N–H and O–H groups in total. The normalized spacial score (nSPS) is 22.2. The zero-order chi connectivity index (χ0) is 17.0. The molecule has 24 heavy (non-hydrogen) atoms. The number of carbonyl (C=O) groups is 1. The van der Waals surface area contributed by atoms with Gasteiger partial charge in [-0.1, -0.05) is 37.5 Å². The summed E-state index contributed by atoms with van der Waals surface area (Å²) in [5.41, 5.74) is 1.51. The summed E-state index contributed by atoms with van der Waals surface area (Å²) in [7, 11) is 0. The highest BCUT2D eigenvalue weighted by atomic mass is 32.2. The smallest absolute Gasteiger partial charge is 0.236 e. The van der Waals surface area contributed by atoms with Crippen LogP contribution in [0.3, 0.4) is 0 Å². The van der Waals surface area contributed by atoms with Gasteiger partial charge in [0, 0.05) is 11.4 Å². The first kappa shape index (κ1) is 17.8. The number of carbonyl (C=O) groups excluding carboxylic acids is 1. The fourth-order valence-electron chi connectivity index (χ4n) is 3.82. The van der Waals surface area contributed by atoms with Gasteiger partial charge >= 0.3 is 0 Å². The van der Waals surface area contributed by atoms with Crippen LogP contribution in [0.2, 0.25) is 0 Å². The van der Waals surface area contributed by atoms with E-state index in [0.29, 0.717) is 0 Å². The molecular formula is C20H30N2OS. The van der Waals surface area contributed by atoms with Crippen LogP contribution < -0.4 is 10.6 Å². The summed E-state index contributed by atoms with van der Waals surface area (Å²) in [4.78, 5) is 14.3. The first-order valence-corrected chi connectivity index (χ1v) is 10.1. The third-order valence-corrected chi connectivity index (χ3v) is 7.14. The van der Waals surface area contributed by atoms with Crippen molar-refractivity contribution in [3.8, 4) is 0 Å². The van der Waals surface area contributed by atoms with Gasteiger partial charge < -0.3 is 10.6 Å². The fraction of sp³-hybridized carbons (Fsp3) is 0.650. The minimum absolute atomic E-state index is 0.245. The number of nitrogens with one attached hydrogen (secondary N) is 2. The Bertz CT molecular complexity index is 558. The topological polar surface area (TPSA) is 41.1 Å². The fourth-order valence-corrected chi connectivity index (χ4v) is 5.20. The molecule has 1 heterocycles. The second-order valence-corrected chi connectivity index (χ2v) is 9.32. The van der Waals surface area contributed by atoms with Crippen LogP contribution in [-0.4, -0.2) is 30.3 Å². The molecule has 1 amide bonds. The van der Waals surface area contributed by atoms with E-state index >= 15 is 0 Å². The van der Waals surface area contributed by atoms with Gasteiger partial charge in [0.1, 0.15) is 0 Å². The average Bonchev–Trinajstić information content (AvgIpc) is 3.05. The molecule has 1 aliphatic heterocycles. The number of thioether (sulfide) groups is 1.